The van der Waals surface area contributed by atoms with E-state index in [1.165, 1.54) is 0 Å². The second kappa shape index (κ2) is 6.04. The predicted octanol–water partition coefficient (Wildman–Crippen LogP) is 3.11. The molecule has 1 aromatic rings. The third-order valence-electron chi connectivity index (χ3n) is 3.88. The lowest BCUT2D eigenvalue weighted by Gasteiger charge is -2.26. The molecule has 0 saturated heterocycles. The van der Waals surface area contributed by atoms with Crippen LogP contribution in [0.1, 0.15) is 64.3 Å². The molecule has 20 heavy (non-hydrogen) atoms. The van der Waals surface area contributed by atoms with Crippen molar-refractivity contribution in [3.8, 4) is 0 Å². The van der Waals surface area contributed by atoms with Crippen LogP contribution in [-0.4, -0.2) is 23.0 Å². The molecule has 0 aromatic carbocycles. The molecule has 112 valence electrons. The molecule has 1 unspecified atom stereocenters. The van der Waals surface area contributed by atoms with Gasteiger partial charge in [-0.2, -0.15) is 4.98 Å². The number of ketones is 1. The summed E-state index contributed by atoms with van der Waals surface area (Å²) in [5.41, 5.74) is -0.120. The monoisotopic (exact) mass is 280 g/mol. The van der Waals surface area contributed by atoms with Crippen LogP contribution in [0.3, 0.4) is 0 Å². The normalized spacial score (nSPS) is 18.4. The van der Waals surface area contributed by atoms with Crippen molar-refractivity contribution < 1.29 is 14.1 Å². The number of Topliss-reactive ketones (excluding diaryl/α,β-unsaturated/α-hetero) is 1. The van der Waals surface area contributed by atoms with E-state index in [2.05, 4.69) is 30.9 Å². The third-order valence-corrected chi connectivity index (χ3v) is 3.88. The molecule has 0 amide bonds. The molecule has 1 atom stereocenters. The van der Waals surface area contributed by atoms with Crippen molar-refractivity contribution in [1.82, 2.24) is 10.1 Å². The molecule has 1 saturated carbocycles. The van der Waals surface area contributed by atoms with Crippen LogP contribution in [-0.2, 0) is 16.0 Å². The van der Waals surface area contributed by atoms with Gasteiger partial charge in [-0.05, 0) is 18.3 Å². The highest BCUT2D eigenvalue weighted by molar-refractivity contribution is 5.82. The maximum atomic E-state index is 12.1. The van der Waals surface area contributed by atoms with Crippen LogP contribution in [0.5, 0.6) is 0 Å². The van der Waals surface area contributed by atoms with Gasteiger partial charge in [-0.1, -0.05) is 38.8 Å². The summed E-state index contributed by atoms with van der Waals surface area (Å²) >= 11 is 0. The first-order valence-corrected chi connectivity index (χ1v) is 7.30. The van der Waals surface area contributed by atoms with Crippen LogP contribution in [0.15, 0.2) is 4.52 Å². The van der Waals surface area contributed by atoms with Crippen molar-refractivity contribution in [2.45, 2.75) is 59.0 Å². The molecule has 1 fully saturated rings. The summed E-state index contributed by atoms with van der Waals surface area (Å²) in [7, 11) is 1.63. The largest absolute Gasteiger partial charge is 0.373 e. The van der Waals surface area contributed by atoms with Gasteiger partial charge in [0.05, 0.1) is 6.42 Å². The Kier molecular flexibility index (Phi) is 4.58. The molecule has 1 aliphatic carbocycles. The fourth-order valence-corrected chi connectivity index (χ4v) is 2.83. The van der Waals surface area contributed by atoms with Crippen LogP contribution in [0, 0.1) is 11.3 Å². The van der Waals surface area contributed by atoms with Gasteiger partial charge in [-0.15, -0.1) is 0 Å². The highest BCUT2D eigenvalue weighted by Crippen LogP contribution is 2.34. The highest BCUT2D eigenvalue weighted by Gasteiger charge is 2.31. The van der Waals surface area contributed by atoms with Crippen molar-refractivity contribution >= 4 is 5.78 Å². The lowest BCUT2D eigenvalue weighted by atomic mass is 9.88. The number of rotatable bonds is 5. The molecule has 0 N–H and O–H groups in total. The zero-order valence-corrected chi connectivity index (χ0v) is 12.8. The van der Waals surface area contributed by atoms with Gasteiger partial charge in [0.2, 0.25) is 11.7 Å². The number of methoxy groups -OCH3 is 1. The SMILES string of the molecule is COC(c1noc(CC(=O)C2CCCC2)n1)C(C)(C)C. The van der Waals surface area contributed by atoms with E-state index in [1.807, 2.05) is 0 Å². The van der Waals surface area contributed by atoms with Gasteiger partial charge in [-0.25, -0.2) is 0 Å². The van der Waals surface area contributed by atoms with E-state index in [-0.39, 0.29) is 29.6 Å². The lowest BCUT2D eigenvalue weighted by Crippen LogP contribution is -2.21. The van der Waals surface area contributed by atoms with Crippen LogP contribution < -0.4 is 0 Å². The molecule has 1 aliphatic rings. The Morgan fingerprint density at radius 3 is 2.60 bits per heavy atom. The number of aromatic nitrogens is 2. The van der Waals surface area contributed by atoms with Gasteiger partial charge in [0, 0.05) is 13.0 Å². The number of carbonyl (C=O) groups is 1. The van der Waals surface area contributed by atoms with E-state index in [0.717, 1.165) is 25.7 Å². The van der Waals surface area contributed by atoms with E-state index in [0.29, 0.717) is 11.7 Å². The van der Waals surface area contributed by atoms with Gasteiger partial charge < -0.3 is 9.26 Å². The minimum atomic E-state index is -0.235. The van der Waals surface area contributed by atoms with Gasteiger partial charge in [-0.3, -0.25) is 4.79 Å². The quantitative estimate of drug-likeness (QED) is 0.829. The van der Waals surface area contributed by atoms with E-state index >= 15 is 0 Å². The first kappa shape index (κ1) is 15.2. The molecule has 0 bridgehead atoms. The van der Waals surface area contributed by atoms with Gasteiger partial charge in [0.25, 0.3) is 0 Å². The molecule has 0 radical (unpaired) electrons. The first-order valence-electron chi connectivity index (χ1n) is 7.30. The zero-order valence-electron chi connectivity index (χ0n) is 12.8. The molecule has 1 heterocycles. The zero-order chi connectivity index (χ0) is 14.8. The average Bonchev–Trinajstić information content (AvgIpc) is 2.99. The maximum Gasteiger partial charge on any atom is 0.234 e. The Balaban J connectivity index is 2.03. The molecule has 5 nitrogen and oxygen atoms in total. The number of nitrogens with zero attached hydrogens (tertiary/aromatic N) is 2. The second-order valence-electron chi connectivity index (χ2n) is 6.65. The van der Waals surface area contributed by atoms with E-state index in [1.54, 1.807) is 7.11 Å². The lowest BCUT2D eigenvalue weighted by molar-refractivity contribution is -0.122. The minimum Gasteiger partial charge on any atom is -0.373 e. The van der Waals surface area contributed by atoms with Crippen LogP contribution in [0.2, 0.25) is 0 Å². The van der Waals surface area contributed by atoms with Crippen LogP contribution >= 0.6 is 0 Å². The van der Waals surface area contributed by atoms with Crippen molar-refractivity contribution in [3.63, 3.8) is 0 Å². The maximum absolute atomic E-state index is 12.1. The summed E-state index contributed by atoms with van der Waals surface area (Å²) < 4.78 is 10.7. The van der Waals surface area contributed by atoms with E-state index in [9.17, 15) is 4.79 Å². The predicted molar refractivity (Wildman–Crippen MR) is 74.2 cm³/mol. The summed E-state index contributed by atoms with van der Waals surface area (Å²) in [5, 5.41) is 3.97. The topological polar surface area (TPSA) is 65.2 Å². The Morgan fingerprint density at radius 1 is 1.40 bits per heavy atom. The smallest absolute Gasteiger partial charge is 0.234 e. The number of hydrogen-bond donors (Lipinski definition) is 0. The summed E-state index contributed by atoms with van der Waals surface area (Å²) in [4.78, 5) is 16.4. The molecule has 0 spiro atoms. The second-order valence-corrected chi connectivity index (χ2v) is 6.65. The van der Waals surface area contributed by atoms with Crippen molar-refractivity contribution in [1.29, 1.82) is 0 Å². The summed E-state index contributed by atoms with van der Waals surface area (Å²) in [6.07, 6.45) is 4.33. The standard InChI is InChI=1S/C15H24N2O3/c1-15(2,3)13(19-4)14-16-12(20-17-14)9-11(18)10-7-5-6-8-10/h10,13H,5-9H2,1-4H3. The Labute approximate surface area is 120 Å². The van der Waals surface area contributed by atoms with Gasteiger partial charge >= 0.3 is 0 Å². The highest BCUT2D eigenvalue weighted by atomic mass is 16.5. The minimum absolute atomic E-state index is 0.120. The summed E-state index contributed by atoms with van der Waals surface area (Å²) in [6.45, 7) is 6.17. The van der Waals surface area contributed by atoms with E-state index in [4.69, 9.17) is 9.26 Å². The van der Waals surface area contributed by atoms with Gasteiger partial charge in [0.1, 0.15) is 11.9 Å². The van der Waals surface area contributed by atoms with Crippen molar-refractivity contribution in [2.24, 2.45) is 11.3 Å². The Morgan fingerprint density at radius 2 is 2.05 bits per heavy atom. The molecule has 0 aliphatic heterocycles. The Bertz CT molecular complexity index is 456. The number of carbonyl (C=O) groups excluding carboxylic acids is 1. The molecule has 2 rings (SSSR count). The van der Waals surface area contributed by atoms with Crippen LogP contribution in [0.25, 0.3) is 0 Å². The molecule has 1 aromatic heterocycles. The van der Waals surface area contributed by atoms with Crippen molar-refractivity contribution in [2.75, 3.05) is 7.11 Å². The van der Waals surface area contributed by atoms with Crippen LogP contribution in [0.4, 0.5) is 0 Å². The first-order chi connectivity index (χ1) is 9.41. The van der Waals surface area contributed by atoms with Crippen molar-refractivity contribution in [3.05, 3.63) is 11.7 Å². The number of hydrogen-bond acceptors (Lipinski definition) is 5. The van der Waals surface area contributed by atoms with E-state index < -0.39 is 0 Å². The Hall–Kier alpha value is -1.23. The third kappa shape index (κ3) is 3.45. The fourth-order valence-electron chi connectivity index (χ4n) is 2.83. The molecular formula is C15H24N2O3. The summed E-state index contributed by atoms with van der Waals surface area (Å²) in [6, 6.07) is 0. The number of ether oxygens (including phenoxy) is 1. The fraction of sp³-hybridized carbons (Fsp3) is 0.800. The van der Waals surface area contributed by atoms with Gasteiger partial charge in [0.15, 0.2) is 0 Å². The molecular weight excluding hydrogens is 256 g/mol. The average molecular weight is 280 g/mol. The molecule has 5 heteroatoms. The summed E-state index contributed by atoms with van der Waals surface area (Å²) in [5.74, 6) is 1.34.